The van der Waals surface area contributed by atoms with Gasteiger partial charge >= 0.3 is 0 Å². The first kappa shape index (κ1) is 14.5. The number of amides is 1. The highest BCUT2D eigenvalue weighted by Crippen LogP contribution is 2.26. The van der Waals surface area contributed by atoms with Crippen molar-refractivity contribution < 1.29 is 4.79 Å². The molecule has 2 heterocycles. The van der Waals surface area contributed by atoms with Gasteiger partial charge in [0.2, 0.25) is 0 Å². The van der Waals surface area contributed by atoms with E-state index < -0.39 is 0 Å². The maximum Gasteiger partial charge on any atom is 0.253 e. The van der Waals surface area contributed by atoms with Gasteiger partial charge in [0.15, 0.2) is 0 Å². The van der Waals surface area contributed by atoms with Crippen LogP contribution >= 0.6 is 0 Å². The van der Waals surface area contributed by atoms with E-state index in [-0.39, 0.29) is 5.91 Å². The number of benzene rings is 2. The summed E-state index contributed by atoms with van der Waals surface area (Å²) in [5.41, 5.74) is 3.14. The third kappa shape index (κ3) is 3.02. The van der Waals surface area contributed by atoms with Crippen LogP contribution in [0.3, 0.4) is 0 Å². The molecule has 4 rings (SSSR count). The molecule has 3 heteroatoms. The molecule has 118 valence electrons. The van der Waals surface area contributed by atoms with Gasteiger partial charge in [0.1, 0.15) is 0 Å². The van der Waals surface area contributed by atoms with Crippen LogP contribution < -0.4 is 5.32 Å². The monoisotopic (exact) mass is 306 g/mol. The van der Waals surface area contributed by atoms with Crippen molar-refractivity contribution in [2.24, 2.45) is 11.8 Å². The molecule has 2 aliphatic heterocycles. The average molecular weight is 306 g/mol. The molecule has 0 aliphatic carbocycles. The number of piperidine rings is 2. The van der Waals surface area contributed by atoms with E-state index in [4.69, 9.17) is 0 Å². The Morgan fingerprint density at radius 3 is 2.13 bits per heavy atom. The average Bonchev–Trinajstić information content (AvgIpc) is 2.62. The quantitative estimate of drug-likeness (QED) is 0.925. The van der Waals surface area contributed by atoms with E-state index in [0.717, 1.165) is 37.3 Å². The lowest BCUT2D eigenvalue weighted by molar-refractivity contribution is 0.0538. The summed E-state index contributed by atoms with van der Waals surface area (Å²) in [6.07, 6.45) is 1.27. The third-order valence-corrected chi connectivity index (χ3v) is 5.02. The molecule has 0 saturated carbocycles. The van der Waals surface area contributed by atoms with Gasteiger partial charge in [0, 0.05) is 18.7 Å². The van der Waals surface area contributed by atoms with Crippen molar-refractivity contribution in [3.8, 4) is 11.1 Å². The molecular weight excluding hydrogens is 284 g/mol. The maximum absolute atomic E-state index is 12.8. The van der Waals surface area contributed by atoms with Crippen molar-refractivity contribution in [1.82, 2.24) is 10.2 Å². The van der Waals surface area contributed by atoms with Crippen LogP contribution in [0, 0.1) is 11.8 Å². The first-order valence-electron chi connectivity index (χ1n) is 8.45. The number of rotatable bonds is 2. The lowest BCUT2D eigenvalue weighted by Gasteiger charge is -2.41. The largest absolute Gasteiger partial charge is 0.338 e. The van der Waals surface area contributed by atoms with Crippen molar-refractivity contribution in [3.05, 3.63) is 60.2 Å². The van der Waals surface area contributed by atoms with Crippen molar-refractivity contribution in [2.75, 3.05) is 26.2 Å². The molecule has 0 aromatic heterocycles. The zero-order chi connectivity index (χ0) is 15.6. The molecule has 2 aliphatic rings. The summed E-state index contributed by atoms with van der Waals surface area (Å²) < 4.78 is 0. The number of nitrogens with zero attached hydrogens (tertiary/aromatic N) is 1. The summed E-state index contributed by atoms with van der Waals surface area (Å²) in [7, 11) is 0. The number of fused-ring (bicyclic) bond motifs is 2. The number of nitrogens with one attached hydrogen (secondary N) is 1. The zero-order valence-electron chi connectivity index (χ0n) is 13.2. The number of likely N-dealkylation sites (tertiary alicyclic amines) is 1. The lowest BCUT2D eigenvalue weighted by Crippen LogP contribution is -2.52. The van der Waals surface area contributed by atoms with E-state index in [0.29, 0.717) is 11.8 Å². The minimum absolute atomic E-state index is 0.182. The highest BCUT2D eigenvalue weighted by atomic mass is 16.2. The molecule has 2 aromatic carbocycles. The molecule has 2 aromatic rings. The second kappa shape index (κ2) is 6.17. The van der Waals surface area contributed by atoms with Crippen molar-refractivity contribution in [2.45, 2.75) is 6.42 Å². The zero-order valence-corrected chi connectivity index (χ0v) is 13.2. The van der Waals surface area contributed by atoms with Crippen LogP contribution in [0.2, 0.25) is 0 Å². The Hall–Kier alpha value is -2.13. The predicted octanol–water partition coefficient (Wildman–Crippen LogP) is 3.04. The highest BCUT2D eigenvalue weighted by Gasteiger charge is 2.32. The van der Waals surface area contributed by atoms with Gasteiger partial charge in [-0.15, -0.1) is 0 Å². The topological polar surface area (TPSA) is 32.3 Å². The van der Waals surface area contributed by atoms with E-state index >= 15 is 0 Å². The molecule has 0 unspecified atom stereocenters. The fourth-order valence-corrected chi connectivity index (χ4v) is 3.89. The summed E-state index contributed by atoms with van der Waals surface area (Å²) in [6.45, 7) is 3.88. The van der Waals surface area contributed by atoms with Gasteiger partial charge in [-0.2, -0.15) is 0 Å². The van der Waals surface area contributed by atoms with E-state index in [2.05, 4.69) is 34.5 Å². The molecule has 2 atom stereocenters. The molecule has 1 amide bonds. The second-order valence-electron chi connectivity index (χ2n) is 6.78. The van der Waals surface area contributed by atoms with E-state index in [1.807, 2.05) is 30.3 Å². The minimum Gasteiger partial charge on any atom is -0.338 e. The van der Waals surface area contributed by atoms with Gasteiger partial charge in [-0.05, 0) is 54.6 Å². The van der Waals surface area contributed by atoms with Crippen molar-refractivity contribution in [3.63, 3.8) is 0 Å². The normalized spacial score (nSPS) is 23.6. The predicted molar refractivity (Wildman–Crippen MR) is 92.2 cm³/mol. The fourth-order valence-electron chi connectivity index (χ4n) is 3.89. The number of carbonyl (C=O) groups is 1. The van der Waals surface area contributed by atoms with Crippen molar-refractivity contribution in [1.29, 1.82) is 0 Å². The van der Waals surface area contributed by atoms with Gasteiger partial charge in [0.25, 0.3) is 5.91 Å². The Morgan fingerprint density at radius 2 is 1.48 bits per heavy atom. The summed E-state index contributed by atoms with van der Waals surface area (Å²) in [4.78, 5) is 14.8. The Kier molecular flexibility index (Phi) is 3.88. The summed E-state index contributed by atoms with van der Waals surface area (Å²) >= 11 is 0. The third-order valence-electron chi connectivity index (χ3n) is 5.02. The molecule has 23 heavy (non-hydrogen) atoms. The van der Waals surface area contributed by atoms with Gasteiger partial charge in [0.05, 0.1) is 0 Å². The molecule has 2 fully saturated rings. The van der Waals surface area contributed by atoms with Gasteiger partial charge in [-0.25, -0.2) is 0 Å². The smallest absolute Gasteiger partial charge is 0.253 e. The number of carbonyl (C=O) groups excluding carboxylic acids is 1. The van der Waals surface area contributed by atoms with Gasteiger partial charge < -0.3 is 10.2 Å². The first-order valence-corrected chi connectivity index (χ1v) is 8.45. The summed E-state index contributed by atoms with van der Waals surface area (Å²) in [6, 6.07) is 18.3. The number of hydrogen-bond acceptors (Lipinski definition) is 2. The molecule has 3 nitrogen and oxygen atoms in total. The van der Waals surface area contributed by atoms with Crippen LogP contribution in [0.5, 0.6) is 0 Å². The van der Waals surface area contributed by atoms with Crippen LogP contribution in [0.25, 0.3) is 11.1 Å². The molecular formula is C20H22N2O. The van der Waals surface area contributed by atoms with Crippen LogP contribution in [0.15, 0.2) is 54.6 Å². The highest BCUT2D eigenvalue weighted by molar-refractivity contribution is 5.94. The van der Waals surface area contributed by atoms with E-state index in [1.165, 1.54) is 12.0 Å². The van der Waals surface area contributed by atoms with Gasteiger partial charge in [-0.1, -0.05) is 42.5 Å². The molecule has 1 N–H and O–H groups in total. The van der Waals surface area contributed by atoms with Crippen LogP contribution in [-0.4, -0.2) is 37.0 Å². The second-order valence-corrected chi connectivity index (χ2v) is 6.78. The van der Waals surface area contributed by atoms with Crippen LogP contribution in [-0.2, 0) is 0 Å². The molecule has 2 bridgehead atoms. The van der Waals surface area contributed by atoms with Crippen molar-refractivity contribution >= 4 is 5.91 Å². The Bertz CT molecular complexity index is 669. The molecule has 0 radical (unpaired) electrons. The Balaban J connectivity index is 1.50. The van der Waals surface area contributed by atoms with E-state index in [9.17, 15) is 4.79 Å². The molecule has 2 saturated heterocycles. The van der Waals surface area contributed by atoms with Crippen LogP contribution in [0.4, 0.5) is 0 Å². The first-order chi connectivity index (χ1) is 11.3. The van der Waals surface area contributed by atoms with E-state index in [1.54, 1.807) is 0 Å². The fraction of sp³-hybridized carbons (Fsp3) is 0.350. The van der Waals surface area contributed by atoms with Gasteiger partial charge in [-0.3, -0.25) is 4.79 Å². The SMILES string of the molecule is O=C(c1ccc(-c2ccccc2)cc1)N1C[C@@H]2CNC[C@@H](C2)C1. The summed E-state index contributed by atoms with van der Waals surface area (Å²) in [5.74, 6) is 1.42. The lowest BCUT2D eigenvalue weighted by atomic mass is 9.85. The maximum atomic E-state index is 12.8. The standard InChI is InChI=1S/C20H22N2O/c23-20(22-13-15-10-16(14-22)12-21-11-15)19-8-6-18(7-9-19)17-4-2-1-3-5-17/h1-9,15-16,21H,10-14H2/t15-,16+. The summed E-state index contributed by atoms with van der Waals surface area (Å²) in [5, 5.41) is 3.47. The number of hydrogen-bond donors (Lipinski definition) is 1. The Morgan fingerprint density at radius 1 is 0.870 bits per heavy atom. The van der Waals surface area contributed by atoms with Crippen LogP contribution in [0.1, 0.15) is 16.8 Å². The minimum atomic E-state index is 0.182. The molecule has 0 spiro atoms. The Labute approximate surface area is 137 Å².